The minimum Gasteiger partial charge on any atom is -0.335 e. The number of benzene rings is 1. The summed E-state index contributed by atoms with van der Waals surface area (Å²) in [6.45, 7) is 2.01. The van der Waals surface area contributed by atoms with Crippen molar-refractivity contribution >= 4 is 28.1 Å². The molecule has 0 aliphatic carbocycles. The first kappa shape index (κ1) is 10.4. The first-order valence-electron chi connectivity index (χ1n) is 4.28. The molecule has 0 atom stereocenters. The normalized spacial score (nSPS) is 10.5. The first-order chi connectivity index (χ1) is 7.08. The summed E-state index contributed by atoms with van der Waals surface area (Å²) in [6, 6.07) is 5.96. The molecule has 1 aromatic carbocycles. The summed E-state index contributed by atoms with van der Waals surface area (Å²) in [7, 11) is 0. The number of nitrogens with zero attached hydrogens (tertiary/aromatic N) is 2. The van der Waals surface area contributed by atoms with Crippen LogP contribution in [0.1, 0.15) is 5.56 Å². The summed E-state index contributed by atoms with van der Waals surface area (Å²) >= 11 is 8.38. The van der Waals surface area contributed by atoms with Crippen molar-refractivity contribution < 1.29 is 0 Å². The van der Waals surface area contributed by atoms with Gasteiger partial charge in [0.1, 0.15) is 0 Å². The van der Waals surface area contributed by atoms with Gasteiger partial charge in [0.15, 0.2) is 5.82 Å². The second-order valence-electron chi connectivity index (χ2n) is 3.24. The van der Waals surface area contributed by atoms with E-state index in [9.17, 15) is 0 Å². The fourth-order valence-corrected chi connectivity index (χ4v) is 2.11. The highest BCUT2D eigenvalue weighted by Crippen LogP contribution is 2.22. The SMILES string of the molecule is Cc1cc(Br)cc(-c2n[nH]c(=S)n2N)c1. The number of hydrogen-bond acceptors (Lipinski definition) is 3. The van der Waals surface area contributed by atoms with Gasteiger partial charge in [0, 0.05) is 10.0 Å². The molecule has 4 nitrogen and oxygen atoms in total. The molecular formula is C9H9BrN4S. The van der Waals surface area contributed by atoms with E-state index in [2.05, 4.69) is 26.1 Å². The van der Waals surface area contributed by atoms with Gasteiger partial charge in [-0.3, -0.25) is 0 Å². The molecule has 6 heteroatoms. The molecule has 2 rings (SSSR count). The molecule has 0 aliphatic rings. The van der Waals surface area contributed by atoms with E-state index in [1.54, 1.807) is 0 Å². The number of aromatic amines is 1. The lowest BCUT2D eigenvalue weighted by molar-refractivity contribution is 0.984. The Kier molecular flexibility index (Phi) is 2.62. The zero-order chi connectivity index (χ0) is 11.0. The van der Waals surface area contributed by atoms with E-state index >= 15 is 0 Å². The molecule has 0 spiro atoms. The van der Waals surface area contributed by atoms with Crippen LogP contribution in [0, 0.1) is 11.7 Å². The van der Waals surface area contributed by atoms with E-state index in [0.717, 1.165) is 15.6 Å². The molecule has 3 N–H and O–H groups in total. The van der Waals surface area contributed by atoms with Crippen LogP contribution in [-0.2, 0) is 0 Å². The van der Waals surface area contributed by atoms with Gasteiger partial charge < -0.3 is 5.84 Å². The molecule has 0 unspecified atom stereocenters. The van der Waals surface area contributed by atoms with Gasteiger partial charge in [-0.05, 0) is 42.9 Å². The van der Waals surface area contributed by atoms with Gasteiger partial charge >= 0.3 is 0 Å². The minimum absolute atomic E-state index is 0.405. The van der Waals surface area contributed by atoms with E-state index in [1.165, 1.54) is 4.68 Å². The van der Waals surface area contributed by atoms with Crippen LogP contribution in [0.2, 0.25) is 0 Å². The van der Waals surface area contributed by atoms with Crippen molar-refractivity contribution in [3.05, 3.63) is 33.0 Å². The van der Waals surface area contributed by atoms with Crippen LogP contribution in [0.5, 0.6) is 0 Å². The maximum atomic E-state index is 5.74. The highest BCUT2D eigenvalue weighted by molar-refractivity contribution is 9.10. The van der Waals surface area contributed by atoms with Crippen LogP contribution >= 0.6 is 28.1 Å². The Hall–Kier alpha value is -1.14. The lowest BCUT2D eigenvalue weighted by Gasteiger charge is -2.02. The summed E-state index contributed by atoms with van der Waals surface area (Å²) in [6.07, 6.45) is 0. The number of aryl methyl sites for hydroxylation is 1. The first-order valence-corrected chi connectivity index (χ1v) is 5.48. The average molecular weight is 285 g/mol. The van der Waals surface area contributed by atoms with Crippen LogP contribution < -0.4 is 5.84 Å². The number of nitrogens with one attached hydrogen (secondary N) is 1. The van der Waals surface area contributed by atoms with Crippen molar-refractivity contribution in [1.29, 1.82) is 0 Å². The van der Waals surface area contributed by atoms with Gasteiger partial charge in [0.25, 0.3) is 0 Å². The Morgan fingerprint density at radius 1 is 1.47 bits per heavy atom. The van der Waals surface area contributed by atoms with Crippen molar-refractivity contribution in [2.24, 2.45) is 0 Å². The number of nitrogen functional groups attached to an aromatic ring is 1. The number of halogens is 1. The number of hydrogen-bond donors (Lipinski definition) is 2. The van der Waals surface area contributed by atoms with Crippen LogP contribution in [0.3, 0.4) is 0 Å². The Labute approximate surface area is 100 Å². The van der Waals surface area contributed by atoms with Crippen molar-refractivity contribution in [3.63, 3.8) is 0 Å². The number of rotatable bonds is 1. The second-order valence-corrected chi connectivity index (χ2v) is 4.54. The molecule has 15 heavy (non-hydrogen) atoms. The molecule has 0 aliphatic heterocycles. The van der Waals surface area contributed by atoms with Gasteiger partial charge in [0.05, 0.1) is 0 Å². The number of aromatic nitrogens is 3. The fraction of sp³-hybridized carbons (Fsp3) is 0.111. The molecule has 0 bridgehead atoms. The molecule has 78 valence electrons. The van der Waals surface area contributed by atoms with Crippen LogP contribution in [0.25, 0.3) is 11.4 Å². The molecule has 0 amide bonds. The van der Waals surface area contributed by atoms with Crippen molar-refractivity contribution in [1.82, 2.24) is 14.9 Å². The maximum Gasteiger partial charge on any atom is 0.214 e. The quantitative estimate of drug-likeness (QED) is 0.624. The molecule has 2 aromatic rings. The van der Waals surface area contributed by atoms with E-state index in [4.69, 9.17) is 18.1 Å². The van der Waals surface area contributed by atoms with E-state index in [0.29, 0.717) is 10.6 Å². The van der Waals surface area contributed by atoms with Crippen LogP contribution in [-0.4, -0.2) is 14.9 Å². The molecule has 0 radical (unpaired) electrons. The molecule has 0 saturated carbocycles. The number of H-pyrrole nitrogens is 1. The minimum atomic E-state index is 0.405. The van der Waals surface area contributed by atoms with Gasteiger partial charge in [-0.25, -0.2) is 9.77 Å². The highest BCUT2D eigenvalue weighted by Gasteiger charge is 2.07. The third kappa shape index (κ3) is 1.95. The Morgan fingerprint density at radius 2 is 2.20 bits per heavy atom. The Balaban J connectivity index is 2.63. The van der Waals surface area contributed by atoms with Crippen molar-refractivity contribution in [2.45, 2.75) is 6.92 Å². The van der Waals surface area contributed by atoms with E-state index < -0.39 is 0 Å². The summed E-state index contributed by atoms with van der Waals surface area (Å²) in [5, 5.41) is 6.72. The predicted octanol–water partition coefficient (Wildman–Crippen LogP) is 2.39. The topological polar surface area (TPSA) is 59.6 Å². The third-order valence-electron chi connectivity index (χ3n) is 2.00. The lowest BCUT2D eigenvalue weighted by atomic mass is 10.1. The Morgan fingerprint density at radius 3 is 2.73 bits per heavy atom. The Bertz CT molecular complexity index is 537. The van der Waals surface area contributed by atoms with E-state index in [-0.39, 0.29) is 0 Å². The van der Waals surface area contributed by atoms with Gasteiger partial charge in [-0.2, -0.15) is 5.10 Å². The summed E-state index contributed by atoms with van der Waals surface area (Å²) in [4.78, 5) is 0. The fourth-order valence-electron chi connectivity index (χ4n) is 1.37. The lowest BCUT2D eigenvalue weighted by Crippen LogP contribution is -2.09. The zero-order valence-corrected chi connectivity index (χ0v) is 10.4. The summed E-state index contributed by atoms with van der Waals surface area (Å²) < 4.78 is 2.75. The van der Waals surface area contributed by atoms with E-state index in [1.807, 2.05) is 25.1 Å². The molecule has 1 heterocycles. The van der Waals surface area contributed by atoms with Crippen LogP contribution in [0.4, 0.5) is 0 Å². The maximum absolute atomic E-state index is 5.74. The summed E-state index contributed by atoms with van der Waals surface area (Å²) in [5.74, 6) is 6.37. The average Bonchev–Trinajstić information content (AvgIpc) is 2.46. The standard InChI is InChI=1S/C9H9BrN4S/c1-5-2-6(4-7(10)3-5)8-12-13-9(15)14(8)11/h2-4H,11H2,1H3,(H,13,15). The summed E-state index contributed by atoms with van der Waals surface area (Å²) in [5.41, 5.74) is 2.06. The van der Waals surface area contributed by atoms with Crippen LogP contribution in [0.15, 0.2) is 22.7 Å². The molecule has 1 aromatic heterocycles. The molecule has 0 fully saturated rings. The van der Waals surface area contributed by atoms with Crippen molar-refractivity contribution in [3.8, 4) is 11.4 Å². The van der Waals surface area contributed by atoms with Gasteiger partial charge in [-0.1, -0.05) is 15.9 Å². The van der Waals surface area contributed by atoms with Crippen molar-refractivity contribution in [2.75, 3.05) is 5.84 Å². The monoisotopic (exact) mass is 284 g/mol. The molecular weight excluding hydrogens is 276 g/mol. The second kappa shape index (κ2) is 3.79. The predicted molar refractivity (Wildman–Crippen MR) is 65.4 cm³/mol. The smallest absolute Gasteiger partial charge is 0.214 e. The third-order valence-corrected chi connectivity index (χ3v) is 2.75. The zero-order valence-electron chi connectivity index (χ0n) is 7.99. The number of nitrogens with two attached hydrogens (primary N) is 1. The largest absolute Gasteiger partial charge is 0.335 e. The molecule has 0 saturated heterocycles. The highest BCUT2D eigenvalue weighted by atomic mass is 79.9. The van der Waals surface area contributed by atoms with Gasteiger partial charge in [0.2, 0.25) is 4.77 Å². The van der Waals surface area contributed by atoms with Gasteiger partial charge in [-0.15, -0.1) is 0 Å².